The third kappa shape index (κ3) is 2.70. The van der Waals surface area contributed by atoms with Crippen LogP contribution in [0.5, 0.6) is 0 Å². The molecule has 2 aromatic rings. The maximum Gasteiger partial charge on any atom is 0.204 e. The number of ether oxygens (including phenoxy) is 1. The van der Waals surface area contributed by atoms with Gasteiger partial charge in [-0.25, -0.2) is 4.98 Å². The lowest BCUT2D eigenvalue weighted by molar-refractivity contribution is -0.0383. The molecule has 1 aliphatic heterocycles. The van der Waals surface area contributed by atoms with Crippen LogP contribution in [0.15, 0.2) is 12.4 Å². The van der Waals surface area contributed by atoms with Crippen molar-refractivity contribution in [2.75, 3.05) is 19.7 Å². The molecule has 0 saturated carbocycles. The molecule has 1 unspecified atom stereocenters. The molecule has 0 spiro atoms. The number of tetrazole rings is 1. The van der Waals surface area contributed by atoms with Crippen LogP contribution in [0.4, 0.5) is 0 Å². The highest BCUT2D eigenvalue weighted by molar-refractivity contribution is 4.95. The van der Waals surface area contributed by atoms with Crippen molar-refractivity contribution >= 4 is 0 Å². The lowest BCUT2D eigenvalue weighted by atomic mass is 10.2. The quantitative estimate of drug-likeness (QED) is 0.783. The Morgan fingerprint density at radius 1 is 1.45 bits per heavy atom. The molecule has 0 N–H and O–H groups in total. The minimum absolute atomic E-state index is 0.109. The number of aryl methyl sites for hydroxylation is 2. The van der Waals surface area contributed by atoms with Gasteiger partial charge in [0.25, 0.3) is 0 Å². The number of hydrogen-bond donors (Lipinski definition) is 0. The molecule has 1 aliphatic rings. The Balaban J connectivity index is 1.66. The van der Waals surface area contributed by atoms with E-state index in [1.54, 1.807) is 7.05 Å². The van der Waals surface area contributed by atoms with Gasteiger partial charge in [-0.3, -0.25) is 4.90 Å². The maximum atomic E-state index is 5.74. The van der Waals surface area contributed by atoms with Crippen molar-refractivity contribution in [1.29, 1.82) is 0 Å². The van der Waals surface area contributed by atoms with E-state index in [2.05, 4.69) is 36.8 Å². The molecule has 0 aliphatic carbocycles. The molecule has 8 nitrogen and oxygen atoms in total. The van der Waals surface area contributed by atoms with Crippen LogP contribution in [0.3, 0.4) is 0 Å². The smallest absolute Gasteiger partial charge is 0.204 e. The van der Waals surface area contributed by atoms with Crippen LogP contribution >= 0.6 is 0 Å². The fourth-order valence-electron chi connectivity index (χ4n) is 2.41. The summed E-state index contributed by atoms with van der Waals surface area (Å²) in [6.45, 7) is 6.22. The normalized spacial score (nSPS) is 20.4. The molecule has 108 valence electrons. The number of hydrogen-bond acceptors (Lipinski definition) is 6. The molecule has 3 heterocycles. The van der Waals surface area contributed by atoms with Crippen LogP contribution in [-0.2, 0) is 24.9 Å². The van der Waals surface area contributed by atoms with E-state index in [9.17, 15) is 0 Å². The standard InChI is InChI=1S/C12H19N7O/c1-3-19-5-4-13-11(19)9-18-6-7-20-10(8-18)12-14-16-17(2)15-12/h4-5,10H,3,6-9H2,1-2H3. The molecule has 8 heteroatoms. The third-order valence-electron chi connectivity index (χ3n) is 3.47. The average molecular weight is 277 g/mol. The number of imidazole rings is 1. The number of nitrogens with zero attached hydrogens (tertiary/aromatic N) is 7. The van der Waals surface area contributed by atoms with Gasteiger partial charge >= 0.3 is 0 Å². The number of rotatable bonds is 4. The van der Waals surface area contributed by atoms with Crippen molar-refractivity contribution < 1.29 is 4.74 Å². The average Bonchev–Trinajstić information content (AvgIpc) is 3.08. The van der Waals surface area contributed by atoms with E-state index in [-0.39, 0.29) is 6.10 Å². The maximum absolute atomic E-state index is 5.74. The van der Waals surface area contributed by atoms with Gasteiger partial charge in [-0.2, -0.15) is 4.80 Å². The highest BCUT2D eigenvalue weighted by atomic mass is 16.5. The van der Waals surface area contributed by atoms with Crippen molar-refractivity contribution in [2.24, 2.45) is 7.05 Å². The van der Waals surface area contributed by atoms with Gasteiger partial charge in [-0.1, -0.05) is 0 Å². The number of morpholine rings is 1. The van der Waals surface area contributed by atoms with Gasteiger partial charge in [-0.05, 0) is 12.1 Å². The van der Waals surface area contributed by atoms with Crippen LogP contribution in [0, 0.1) is 0 Å². The van der Waals surface area contributed by atoms with Crippen molar-refractivity contribution in [3.05, 3.63) is 24.0 Å². The van der Waals surface area contributed by atoms with E-state index in [0.717, 1.165) is 32.0 Å². The summed E-state index contributed by atoms with van der Waals surface area (Å²) >= 11 is 0. The summed E-state index contributed by atoms with van der Waals surface area (Å²) in [6, 6.07) is 0. The molecule has 3 rings (SSSR count). The Labute approximate surface area is 117 Å². The van der Waals surface area contributed by atoms with E-state index in [4.69, 9.17) is 4.74 Å². The molecule has 1 saturated heterocycles. The van der Waals surface area contributed by atoms with Gasteiger partial charge in [0, 0.05) is 32.0 Å². The van der Waals surface area contributed by atoms with Gasteiger partial charge in [0.1, 0.15) is 11.9 Å². The minimum Gasteiger partial charge on any atom is -0.367 e. The molecule has 20 heavy (non-hydrogen) atoms. The van der Waals surface area contributed by atoms with Crippen LogP contribution in [-0.4, -0.2) is 54.4 Å². The zero-order chi connectivity index (χ0) is 13.9. The summed E-state index contributed by atoms with van der Waals surface area (Å²) in [4.78, 5) is 8.19. The second-order valence-corrected chi connectivity index (χ2v) is 4.86. The van der Waals surface area contributed by atoms with E-state index >= 15 is 0 Å². The highest BCUT2D eigenvalue weighted by Gasteiger charge is 2.26. The molecule has 0 amide bonds. The van der Waals surface area contributed by atoms with E-state index in [0.29, 0.717) is 12.4 Å². The second-order valence-electron chi connectivity index (χ2n) is 4.86. The first-order valence-corrected chi connectivity index (χ1v) is 6.84. The summed E-state index contributed by atoms with van der Waals surface area (Å²) in [6.07, 6.45) is 3.75. The first kappa shape index (κ1) is 13.2. The van der Waals surface area contributed by atoms with Crippen LogP contribution < -0.4 is 0 Å². The molecular weight excluding hydrogens is 258 g/mol. The Kier molecular flexibility index (Phi) is 3.75. The lowest BCUT2D eigenvalue weighted by Crippen LogP contribution is -2.38. The summed E-state index contributed by atoms with van der Waals surface area (Å²) in [7, 11) is 1.76. The first-order chi connectivity index (χ1) is 9.76. The summed E-state index contributed by atoms with van der Waals surface area (Å²) in [5, 5.41) is 12.1. The van der Waals surface area contributed by atoms with Crippen molar-refractivity contribution in [3.8, 4) is 0 Å². The van der Waals surface area contributed by atoms with Gasteiger partial charge in [0.05, 0.1) is 20.2 Å². The van der Waals surface area contributed by atoms with Crippen LogP contribution in [0.25, 0.3) is 0 Å². The van der Waals surface area contributed by atoms with Crippen molar-refractivity contribution in [1.82, 2.24) is 34.7 Å². The molecule has 1 fully saturated rings. The fourth-order valence-corrected chi connectivity index (χ4v) is 2.41. The summed E-state index contributed by atoms with van der Waals surface area (Å²) in [5.74, 6) is 1.73. The Bertz CT molecular complexity index is 564. The molecule has 0 aromatic carbocycles. The third-order valence-corrected chi connectivity index (χ3v) is 3.47. The van der Waals surface area contributed by atoms with Crippen LogP contribution in [0.2, 0.25) is 0 Å². The first-order valence-electron chi connectivity index (χ1n) is 6.84. The zero-order valence-corrected chi connectivity index (χ0v) is 11.8. The molecule has 1 atom stereocenters. The van der Waals surface area contributed by atoms with Gasteiger partial charge in [0.2, 0.25) is 5.82 Å². The largest absolute Gasteiger partial charge is 0.367 e. The molecule has 2 aromatic heterocycles. The van der Waals surface area contributed by atoms with Gasteiger partial charge < -0.3 is 9.30 Å². The van der Waals surface area contributed by atoms with E-state index in [1.165, 1.54) is 4.80 Å². The Morgan fingerprint density at radius 2 is 2.35 bits per heavy atom. The van der Waals surface area contributed by atoms with Crippen molar-refractivity contribution in [3.63, 3.8) is 0 Å². The Hall–Kier alpha value is -1.80. The summed E-state index contributed by atoms with van der Waals surface area (Å²) in [5.41, 5.74) is 0. The van der Waals surface area contributed by atoms with Gasteiger partial charge in [0.15, 0.2) is 0 Å². The van der Waals surface area contributed by atoms with E-state index in [1.807, 2.05) is 12.4 Å². The predicted octanol–water partition coefficient (Wildman–Crippen LogP) is -0.000000000000000222. The second kappa shape index (κ2) is 5.68. The zero-order valence-electron chi connectivity index (χ0n) is 11.8. The summed E-state index contributed by atoms with van der Waals surface area (Å²) < 4.78 is 7.89. The lowest BCUT2D eigenvalue weighted by Gasteiger charge is -2.31. The monoisotopic (exact) mass is 277 g/mol. The molecular formula is C12H19N7O. The fraction of sp³-hybridized carbons (Fsp3) is 0.667. The minimum atomic E-state index is -0.109. The number of aromatic nitrogens is 6. The van der Waals surface area contributed by atoms with Crippen molar-refractivity contribution in [2.45, 2.75) is 26.1 Å². The Morgan fingerprint density at radius 3 is 3.10 bits per heavy atom. The van der Waals surface area contributed by atoms with Gasteiger partial charge in [-0.15, -0.1) is 10.2 Å². The SMILES string of the molecule is CCn1ccnc1CN1CCOC(c2nnn(C)n2)C1. The molecule has 0 radical (unpaired) electrons. The van der Waals surface area contributed by atoms with E-state index < -0.39 is 0 Å². The van der Waals surface area contributed by atoms with Crippen LogP contribution in [0.1, 0.15) is 24.7 Å². The predicted molar refractivity (Wildman–Crippen MR) is 70.7 cm³/mol. The highest BCUT2D eigenvalue weighted by Crippen LogP contribution is 2.19. The topological polar surface area (TPSA) is 73.9 Å². The molecule has 0 bridgehead atoms.